The molecule has 4 atom stereocenters. The Kier molecular flexibility index (Phi) is 3.68. The Bertz CT molecular complexity index is 737. The number of aliphatic carboxylic acids is 1. The average molecular weight is 346 g/mol. The number of fused-ring (bicyclic) bond motifs is 2. The van der Waals surface area contributed by atoms with E-state index in [4.69, 9.17) is 0 Å². The molecule has 0 spiro atoms. The van der Waals surface area contributed by atoms with Gasteiger partial charge in [-0.3, -0.25) is 14.4 Å². The largest absolute Gasteiger partial charge is 0.481 e. The van der Waals surface area contributed by atoms with E-state index < -0.39 is 17.8 Å². The van der Waals surface area contributed by atoms with Crippen LogP contribution < -0.4 is 10.6 Å². The predicted octanol–water partition coefficient (Wildman–Crippen LogP) is 2.10. The van der Waals surface area contributed by atoms with Gasteiger partial charge in [0.1, 0.15) is 5.00 Å². The zero-order valence-corrected chi connectivity index (χ0v) is 13.7. The van der Waals surface area contributed by atoms with Gasteiger partial charge in [-0.05, 0) is 42.5 Å². The van der Waals surface area contributed by atoms with E-state index in [1.54, 1.807) is 11.4 Å². The van der Waals surface area contributed by atoms with Gasteiger partial charge in [-0.15, -0.1) is 11.3 Å². The minimum Gasteiger partial charge on any atom is -0.481 e. The van der Waals surface area contributed by atoms with Gasteiger partial charge in [0.05, 0.1) is 17.4 Å². The number of carbonyl (C=O) groups excluding carboxylic acids is 2. The fourth-order valence-electron chi connectivity index (χ4n) is 3.79. The molecule has 4 rings (SSSR count). The highest BCUT2D eigenvalue weighted by atomic mass is 32.1. The maximum absolute atomic E-state index is 12.7. The minimum absolute atomic E-state index is 0.0280. The van der Waals surface area contributed by atoms with Gasteiger partial charge in [-0.1, -0.05) is 12.2 Å². The van der Waals surface area contributed by atoms with E-state index in [2.05, 4.69) is 10.6 Å². The lowest BCUT2D eigenvalue weighted by Gasteiger charge is -2.23. The number of amides is 2. The summed E-state index contributed by atoms with van der Waals surface area (Å²) in [6.07, 6.45) is 6.57. The Morgan fingerprint density at radius 1 is 1.12 bits per heavy atom. The number of hydrogen-bond donors (Lipinski definition) is 3. The first kappa shape index (κ1) is 15.4. The van der Waals surface area contributed by atoms with E-state index in [0.29, 0.717) is 17.0 Å². The third-order valence-corrected chi connectivity index (χ3v) is 5.94. The van der Waals surface area contributed by atoms with Crippen molar-refractivity contribution >= 4 is 34.1 Å². The summed E-state index contributed by atoms with van der Waals surface area (Å²) >= 11 is 1.28. The molecule has 6 nitrogen and oxygen atoms in total. The Balaban J connectivity index is 1.50. The summed E-state index contributed by atoms with van der Waals surface area (Å²) in [4.78, 5) is 36.4. The van der Waals surface area contributed by atoms with Crippen molar-refractivity contribution in [1.29, 1.82) is 0 Å². The quantitative estimate of drug-likeness (QED) is 0.712. The summed E-state index contributed by atoms with van der Waals surface area (Å²) in [6.45, 7) is 0. The predicted molar refractivity (Wildman–Crippen MR) is 88.8 cm³/mol. The number of allylic oxidation sites excluding steroid dienone is 2. The van der Waals surface area contributed by atoms with Gasteiger partial charge >= 0.3 is 5.97 Å². The summed E-state index contributed by atoms with van der Waals surface area (Å²) in [5.41, 5.74) is 0.450. The van der Waals surface area contributed by atoms with Crippen LogP contribution in [0.3, 0.4) is 0 Å². The van der Waals surface area contributed by atoms with Crippen LogP contribution in [0.25, 0.3) is 0 Å². The summed E-state index contributed by atoms with van der Waals surface area (Å²) in [6, 6.07) is 1.93. The molecule has 3 N–H and O–H groups in total. The normalized spacial score (nSPS) is 30.3. The lowest BCUT2D eigenvalue weighted by Crippen LogP contribution is -2.36. The maximum atomic E-state index is 12.7. The highest BCUT2D eigenvalue weighted by Gasteiger charge is 2.51. The van der Waals surface area contributed by atoms with E-state index in [9.17, 15) is 19.5 Å². The van der Waals surface area contributed by atoms with Crippen LogP contribution in [-0.4, -0.2) is 28.9 Å². The highest BCUT2D eigenvalue weighted by molar-refractivity contribution is 7.14. The van der Waals surface area contributed by atoms with Gasteiger partial charge in [0.2, 0.25) is 5.91 Å². The molecule has 2 saturated carbocycles. The SMILES string of the molecule is O=C(NC1CC1)c1ccsc1NC(=O)[C@H]1[C@@H](C(=O)O)[C@H]2C=C[C@H]1C2. The standard InChI is InChI=1S/C17H18N2O4S/c20-14(18-10-3-4-10)11-5-6-24-16(11)19-15(21)12-8-1-2-9(7-8)13(12)17(22)23/h1-2,5-6,8-10,12-13H,3-4,7H2,(H,18,20)(H,19,21)(H,22,23)/t8-,9-,12+,13-/m0/s1. The van der Waals surface area contributed by atoms with E-state index in [-0.39, 0.29) is 29.7 Å². The third-order valence-electron chi connectivity index (χ3n) is 5.11. The average Bonchev–Trinajstić information content (AvgIpc) is 2.98. The molecule has 0 saturated heterocycles. The number of carboxylic acids is 1. The smallest absolute Gasteiger partial charge is 0.307 e. The lowest BCUT2D eigenvalue weighted by molar-refractivity contribution is -0.146. The van der Waals surface area contributed by atoms with Gasteiger partial charge in [-0.2, -0.15) is 0 Å². The van der Waals surface area contributed by atoms with Crippen LogP contribution in [-0.2, 0) is 9.59 Å². The molecule has 0 aliphatic heterocycles. The number of rotatable bonds is 5. The molecule has 0 unspecified atom stereocenters. The van der Waals surface area contributed by atoms with E-state index in [1.807, 2.05) is 12.2 Å². The van der Waals surface area contributed by atoms with Gasteiger partial charge in [0.15, 0.2) is 0 Å². The molecule has 2 bridgehead atoms. The fourth-order valence-corrected chi connectivity index (χ4v) is 4.57. The van der Waals surface area contributed by atoms with Gasteiger partial charge in [0.25, 0.3) is 5.91 Å². The van der Waals surface area contributed by atoms with Crippen molar-refractivity contribution in [3.63, 3.8) is 0 Å². The zero-order valence-electron chi connectivity index (χ0n) is 12.9. The molecule has 2 amide bonds. The Morgan fingerprint density at radius 2 is 1.83 bits per heavy atom. The van der Waals surface area contributed by atoms with Crippen LogP contribution in [0, 0.1) is 23.7 Å². The molecular formula is C17H18N2O4S. The van der Waals surface area contributed by atoms with Crippen LogP contribution >= 0.6 is 11.3 Å². The van der Waals surface area contributed by atoms with Crippen molar-refractivity contribution in [2.75, 3.05) is 5.32 Å². The number of anilines is 1. The molecule has 3 aliphatic carbocycles. The molecule has 7 heteroatoms. The van der Waals surface area contributed by atoms with Crippen LogP contribution in [0.1, 0.15) is 29.6 Å². The molecular weight excluding hydrogens is 328 g/mol. The molecule has 1 aromatic rings. The number of carboxylic acid groups (broad SMARTS) is 1. The highest BCUT2D eigenvalue weighted by Crippen LogP contribution is 2.48. The second-order valence-electron chi connectivity index (χ2n) is 6.74. The second-order valence-corrected chi connectivity index (χ2v) is 7.65. The van der Waals surface area contributed by atoms with Crippen LogP contribution in [0.15, 0.2) is 23.6 Å². The fraction of sp³-hybridized carbons (Fsp3) is 0.471. The lowest BCUT2D eigenvalue weighted by atomic mass is 9.82. The first-order chi connectivity index (χ1) is 11.5. The molecule has 24 heavy (non-hydrogen) atoms. The second kappa shape index (κ2) is 5.73. The Labute approximate surface area is 142 Å². The molecule has 126 valence electrons. The minimum atomic E-state index is -0.926. The van der Waals surface area contributed by atoms with Crippen molar-refractivity contribution in [1.82, 2.24) is 5.32 Å². The topological polar surface area (TPSA) is 95.5 Å². The number of thiophene rings is 1. The molecule has 1 aromatic heterocycles. The summed E-state index contributed by atoms with van der Waals surface area (Å²) in [5.74, 6) is -2.75. The van der Waals surface area contributed by atoms with Crippen molar-refractivity contribution in [2.24, 2.45) is 23.7 Å². The first-order valence-electron chi connectivity index (χ1n) is 8.15. The van der Waals surface area contributed by atoms with Gasteiger partial charge < -0.3 is 15.7 Å². The van der Waals surface area contributed by atoms with Gasteiger partial charge in [-0.25, -0.2) is 0 Å². The number of hydrogen-bond acceptors (Lipinski definition) is 4. The Morgan fingerprint density at radius 3 is 2.50 bits per heavy atom. The van der Waals surface area contributed by atoms with E-state index in [0.717, 1.165) is 12.8 Å². The first-order valence-corrected chi connectivity index (χ1v) is 9.03. The molecule has 3 aliphatic rings. The third kappa shape index (κ3) is 2.62. The summed E-state index contributed by atoms with van der Waals surface area (Å²) < 4.78 is 0. The van der Waals surface area contributed by atoms with Crippen LogP contribution in [0.4, 0.5) is 5.00 Å². The number of nitrogens with one attached hydrogen (secondary N) is 2. The molecule has 2 fully saturated rings. The Hall–Kier alpha value is -2.15. The van der Waals surface area contributed by atoms with Gasteiger partial charge in [0, 0.05) is 6.04 Å². The van der Waals surface area contributed by atoms with Crippen LogP contribution in [0.5, 0.6) is 0 Å². The maximum Gasteiger partial charge on any atom is 0.307 e. The van der Waals surface area contributed by atoms with Crippen molar-refractivity contribution < 1.29 is 19.5 Å². The molecule has 1 heterocycles. The van der Waals surface area contributed by atoms with Crippen LogP contribution in [0.2, 0.25) is 0 Å². The summed E-state index contributed by atoms with van der Waals surface area (Å²) in [7, 11) is 0. The number of carbonyl (C=O) groups is 3. The van der Waals surface area contributed by atoms with Crippen molar-refractivity contribution in [3.8, 4) is 0 Å². The van der Waals surface area contributed by atoms with Crippen molar-refractivity contribution in [2.45, 2.75) is 25.3 Å². The molecule has 0 radical (unpaired) electrons. The van der Waals surface area contributed by atoms with Crippen molar-refractivity contribution in [3.05, 3.63) is 29.2 Å². The van der Waals surface area contributed by atoms with E-state index in [1.165, 1.54) is 11.3 Å². The molecule has 0 aromatic carbocycles. The zero-order chi connectivity index (χ0) is 16.8. The summed E-state index contributed by atoms with van der Waals surface area (Å²) in [5, 5.41) is 17.4. The monoisotopic (exact) mass is 346 g/mol. The van der Waals surface area contributed by atoms with E-state index >= 15 is 0 Å².